The predicted octanol–water partition coefficient (Wildman–Crippen LogP) is 1.84. The van der Waals surface area contributed by atoms with Gasteiger partial charge in [-0.25, -0.2) is 5.43 Å². The number of hydrazine groups is 1. The van der Waals surface area contributed by atoms with Crippen LogP contribution in [0.25, 0.3) is 0 Å². The molecule has 1 aromatic rings. The molecule has 0 radical (unpaired) electrons. The average Bonchev–Trinajstić information content (AvgIpc) is 2.39. The van der Waals surface area contributed by atoms with Crippen LogP contribution >= 0.6 is 0 Å². The molecule has 0 atom stereocenters. The molecule has 0 aliphatic carbocycles. The van der Waals surface area contributed by atoms with E-state index in [0.717, 1.165) is 18.5 Å². The van der Waals surface area contributed by atoms with E-state index in [9.17, 15) is 13.2 Å². The van der Waals surface area contributed by atoms with Gasteiger partial charge < -0.3 is 0 Å². The van der Waals surface area contributed by atoms with Crippen molar-refractivity contribution in [1.82, 2.24) is 10.9 Å². The minimum Gasteiger partial charge on any atom is -0.288 e. The first-order valence-corrected chi connectivity index (χ1v) is 7.85. The van der Waals surface area contributed by atoms with Crippen LogP contribution in [0.15, 0.2) is 41.3 Å². The van der Waals surface area contributed by atoms with E-state index < -0.39 is 10.1 Å². The summed E-state index contributed by atoms with van der Waals surface area (Å²) in [4.78, 5) is 10.7. The number of benzene rings is 1. The highest BCUT2D eigenvalue weighted by molar-refractivity contribution is 7.85. The standard InChI is InChI=1S/C7H14N2O.C7H8O3S/c1-4-5-8-9-7(10)6(2)3;1-6-2-4-7(5-3-6)11(8,9)10/h8H,2,4-5H2,1,3H3,(H,9,10);2-5H,1H3,(H,8,9,10). The minimum atomic E-state index is -4.02. The van der Waals surface area contributed by atoms with Gasteiger partial charge in [-0.1, -0.05) is 31.2 Å². The fraction of sp³-hybridized carbons (Fsp3) is 0.357. The summed E-state index contributed by atoms with van der Waals surface area (Å²) >= 11 is 0. The second-order valence-electron chi connectivity index (χ2n) is 4.45. The Morgan fingerprint density at radius 1 is 1.29 bits per heavy atom. The summed E-state index contributed by atoms with van der Waals surface area (Å²) in [6.45, 7) is 9.81. The van der Waals surface area contributed by atoms with E-state index in [2.05, 4.69) is 17.4 Å². The SMILES string of the molecule is C=C(C)C(=O)NNCCC.Cc1ccc(S(=O)(=O)O)cc1. The third-order valence-corrected chi connectivity index (χ3v) is 3.15. The van der Waals surface area contributed by atoms with Crippen molar-refractivity contribution in [2.45, 2.75) is 32.1 Å². The van der Waals surface area contributed by atoms with E-state index in [4.69, 9.17) is 4.55 Å². The zero-order chi connectivity index (χ0) is 16.5. The Labute approximate surface area is 126 Å². The van der Waals surface area contributed by atoms with Crippen molar-refractivity contribution in [1.29, 1.82) is 0 Å². The molecule has 21 heavy (non-hydrogen) atoms. The molecule has 0 saturated carbocycles. The van der Waals surface area contributed by atoms with Gasteiger partial charge >= 0.3 is 0 Å². The number of nitrogens with one attached hydrogen (secondary N) is 2. The van der Waals surface area contributed by atoms with Crippen LogP contribution in [-0.4, -0.2) is 25.4 Å². The Morgan fingerprint density at radius 2 is 1.81 bits per heavy atom. The van der Waals surface area contributed by atoms with E-state index in [1.54, 1.807) is 19.1 Å². The fourth-order valence-electron chi connectivity index (χ4n) is 1.08. The zero-order valence-electron chi connectivity index (χ0n) is 12.5. The molecule has 0 saturated heterocycles. The van der Waals surface area contributed by atoms with Crippen molar-refractivity contribution >= 4 is 16.0 Å². The fourth-order valence-corrected chi connectivity index (χ4v) is 1.56. The number of carbonyl (C=O) groups excluding carboxylic acids is 1. The second-order valence-corrected chi connectivity index (χ2v) is 5.87. The molecule has 0 aliphatic heterocycles. The van der Waals surface area contributed by atoms with Gasteiger partial charge in [0.1, 0.15) is 0 Å². The highest BCUT2D eigenvalue weighted by Gasteiger charge is 2.06. The molecule has 6 nitrogen and oxygen atoms in total. The molecular weight excluding hydrogens is 292 g/mol. The van der Waals surface area contributed by atoms with Crippen LogP contribution in [0.5, 0.6) is 0 Å². The van der Waals surface area contributed by atoms with Crippen LogP contribution in [0.1, 0.15) is 25.8 Å². The monoisotopic (exact) mass is 314 g/mol. The molecule has 0 spiro atoms. The molecule has 0 bridgehead atoms. The van der Waals surface area contributed by atoms with Gasteiger partial charge in [-0.2, -0.15) is 8.42 Å². The smallest absolute Gasteiger partial charge is 0.288 e. The molecule has 0 aliphatic rings. The van der Waals surface area contributed by atoms with Gasteiger partial charge in [0.05, 0.1) is 4.90 Å². The van der Waals surface area contributed by atoms with Crippen LogP contribution in [0, 0.1) is 6.92 Å². The van der Waals surface area contributed by atoms with E-state index >= 15 is 0 Å². The lowest BCUT2D eigenvalue weighted by atomic mass is 10.2. The third kappa shape index (κ3) is 8.96. The molecule has 7 heteroatoms. The summed E-state index contributed by atoms with van der Waals surface area (Å²) in [5.41, 5.74) is 6.72. The zero-order valence-corrected chi connectivity index (χ0v) is 13.3. The summed E-state index contributed by atoms with van der Waals surface area (Å²) in [5.74, 6) is -0.145. The molecule has 118 valence electrons. The quantitative estimate of drug-likeness (QED) is 0.333. The van der Waals surface area contributed by atoms with Crippen molar-refractivity contribution < 1.29 is 17.8 Å². The third-order valence-electron chi connectivity index (χ3n) is 2.28. The van der Waals surface area contributed by atoms with E-state index in [-0.39, 0.29) is 10.8 Å². The van der Waals surface area contributed by atoms with Gasteiger partial charge in [-0.3, -0.25) is 14.8 Å². The maximum Gasteiger partial charge on any atom is 0.294 e. The van der Waals surface area contributed by atoms with Crippen LogP contribution in [0.2, 0.25) is 0 Å². The topological polar surface area (TPSA) is 95.5 Å². The molecule has 1 aromatic carbocycles. The highest BCUT2D eigenvalue weighted by Crippen LogP contribution is 2.08. The largest absolute Gasteiger partial charge is 0.294 e. The molecule has 3 N–H and O–H groups in total. The lowest BCUT2D eigenvalue weighted by Crippen LogP contribution is -2.37. The predicted molar refractivity (Wildman–Crippen MR) is 82.2 cm³/mol. The molecule has 1 rings (SSSR count). The van der Waals surface area contributed by atoms with Crippen LogP contribution < -0.4 is 10.9 Å². The number of hydrogen-bond acceptors (Lipinski definition) is 4. The first kappa shape index (κ1) is 19.3. The van der Waals surface area contributed by atoms with Crippen molar-refractivity contribution in [2.75, 3.05) is 6.54 Å². The average molecular weight is 314 g/mol. The Balaban J connectivity index is 0.000000384. The van der Waals surface area contributed by atoms with Gasteiger partial charge in [-0.05, 0) is 32.4 Å². The molecule has 0 unspecified atom stereocenters. The van der Waals surface area contributed by atoms with Gasteiger partial charge in [0.15, 0.2) is 0 Å². The van der Waals surface area contributed by atoms with E-state index in [1.165, 1.54) is 12.1 Å². The number of hydrogen-bond donors (Lipinski definition) is 3. The normalized spacial score (nSPS) is 10.3. The van der Waals surface area contributed by atoms with Crippen LogP contribution in [0.4, 0.5) is 0 Å². The Bertz CT molecular complexity index is 565. The van der Waals surface area contributed by atoms with Crippen molar-refractivity contribution in [3.05, 3.63) is 42.0 Å². The van der Waals surface area contributed by atoms with Gasteiger partial charge in [0.2, 0.25) is 0 Å². The highest BCUT2D eigenvalue weighted by atomic mass is 32.2. The molecule has 1 amide bonds. The Morgan fingerprint density at radius 3 is 2.19 bits per heavy atom. The number of aryl methyl sites for hydroxylation is 1. The first-order chi connectivity index (χ1) is 9.68. The molecular formula is C14H22N2O4S. The minimum absolute atomic E-state index is 0.0666. The lowest BCUT2D eigenvalue weighted by Gasteiger charge is -2.03. The summed E-state index contributed by atoms with van der Waals surface area (Å²) in [6, 6.07) is 5.99. The number of amides is 1. The Kier molecular flexibility index (Phi) is 8.52. The summed E-state index contributed by atoms with van der Waals surface area (Å²) in [7, 11) is -4.02. The van der Waals surface area contributed by atoms with E-state index in [1.807, 2.05) is 13.8 Å². The molecule has 0 aromatic heterocycles. The number of rotatable bonds is 5. The lowest BCUT2D eigenvalue weighted by molar-refractivity contribution is -0.118. The maximum atomic E-state index is 10.7. The first-order valence-electron chi connectivity index (χ1n) is 6.41. The second kappa shape index (κ2) is 9.28. The molecule has 0 heterocycles. The van der Waals surface area contributed by atoms with E-state index in [0.29, 0.717) is 5.57 Å². The van der Waals surface area contributed by atoms with Crippen molar-refractivity contribution in [2.24, 2.45) is 0 Å². The van der Waals surface area contributed by atoms with Crippen LogP contribution in [0.3, 0.4) is 0 Å². The van der Waals surface area contributed by atoms with Crippen molar-refractivity contribution in [3.8, 4) is 0 Å². The molecule has 0 fully saturated rings. The van der Waals surface area contributed by atoms with Crippen molar-refractivity contribution in [3.63, 3.8) is 0 Å². The summed E-state index contributed by atoms with van der Waals surface area (Å²) in [6.07, 6.45) is 0.996. The van der Waals surface area contributed by atoms with Crippen LogP contribution in [-0.2, 0) is 14.9 Å². The number of carbonyl (C=O) groups is 1. The maximum absolute atomic E-state index is 10.7. The Hall–Kier alpha value is -1.70. The van der Waals surface area contributed by atoms with Gasteiger partial charge in [0.25, 0.3) is 16.0 Å². The summed E-state index contributed by atoms with van der Waals surface area (Å²) in [5, 5.41) is 0. The van der Waals surface area contributed by atoms with Gasteiger partial charge in [-0.15, -0.1) is 0 Å². The summed E-state index contributed by atoms with van der Waals surface area (Å²) < 4.78 is 29.6. The van der Waals surface area contributed by atoms with Gasteiger partial charge in [0, 0.05) is 12.1 Å².